The summed E-state index contributed by atoms with van der Waals surface area (Å²) in [6.45, 7) is 5.87. The molecule has 1 amide bonds. The summed E-state index contributed by atoms with van der Waals surface area (Å²) in [6, 6.07) is 4.99. The molecule has 0 N–H and O–H groups in total. The molecule has 2 aromatic rings. The van der Waals surface area contributed by atoms with Crippen LogP contribution in [-0.2, 0) is 0 Å². The minimum Gasteiger partial charge on any atom is -0.337 e. The smallest absolute Gasteiger partial charge is 0.272 e. The van der Waals surface area contributed by atoms with E-state index in [4.69, 9.17) is 0 Å². The number of carbonyl (C=O) groups is 1. The van der Waals surface area contributed by atoms with Crippen LogP contribution < -0.4 is 0 Å². The molecule has 100 valence electrons. The summed E-state index contributed by atoms with van der Waals surface area (Å²) in [7, 11) is 0. The van der Waals surface area contributed by atoms with Crippen LogP contribution in [0.1, 0.15) is 24.3 Å². The van der Waals surface area contributed by atoms with Crippen molar-refractivity contribution in [3.63, 3.8) is 0 Å². The number of rotatable bonds is 2. The van der Waals surface area contributed by atoms with Crippen LogP contribution in [0, 0.1) is 17.7 Å². The first-order chi connectivity index (χ1) is 9.08. The second-order valence-electron chi connectivity index (χ2n) is 5.41. The third kappa shape index (κ3) is 1.89. The van der Waals surface area contributed by atoms with E-state index in [-0.39, 0.29) is 5.91 Å². The number of carbonyl (C=O) groups excluding carboxylic acids is 1. The molecule has 3 rings (SSSR count). The average molecular weight is 261 g/mol. The van der Waals surface area contributed by atoms with Crippen LogP contribution in [0.5, 0.6) is 0 Å². The lowest BCUT2D eigenvalue weighted by Gasteiger charge is -2.41. The first kappa shape index (κ1) is 12.1. The maximum atomic E-state index is 13.4. The third-order valence-corrected chi connectivity index (χ3v) is 3.85. The standard InChI is InChI=1S/C14H16FN3O/c1-9(2)10-7-17(8-10)14(19)13-5-3-4-12-11(15)6-16-18(12)13/h3-6,9-10H,7-8H2,1-2H3. The summed E-state index contributed by atoms with van der Waals surface area (Å²) >= 11 is 0. The Hall–Kier alpha value is -1.91. The summed E-state index contributed by atoms with van der Waals surface area (Å²) < 4.78 is 14.8. The molecule has 0 unspecified atom stereocenters. The number of nitrogens with zero attached hydrogens (tertiary/aromatic N) is 3. The molecule has 1 fully saturated rings. The van der Waals surface area contributed by atoms with Gasteiger partial charge in [-0.15, -0.1) is 0 Å². The second-order valence-corrected chi connectivity index (χ2v) is 5.41. The van der Waals surface area contributed by atoms with Gasteiger partial charge in [0.05, 0.1) is 6.20 Å². The van der Waals surface area contributed by atoms with Crippen molar-refractivity contribution >= 4 is 11.4 Å². The van der Waals surface area contributed by atoms with E-state index >= 15 is 0 Å². The first-order valence-electron chi connectivity index (χ1n) is 6.49. The molecule has 0 radical (unpaired) electrons. The fraction of sp³-hybridized carbons (Fsp3) is 0.429. The molecule has 3 heterocycles. The van der Waals surface area contributed by atoms with Gasteiger partial charge in [0, 0.05) is 13.1 Å². The van der Waals surface area contributed by atoms with Crippen molar-refractivity contribution in [3.05, 3.63) is 35.9 Å². The molecular weight excluding hydrogens is 245 g/mol. The molecule has 0 saturated carbocycles. The minimum atomic E-state index is -0.404. The maximum absolute atomic E-state index is 13.4. The summed E-state index contributed by atoms with van der Waals surface area (Å²) in [5, 5.41) is 3.93. The van der Waals surface area contributed by atoms with Crippen molar-refractivity contribution in [1.82, 2.24) is 14.5 Å². The third-order valence-electron chi connectivity index (χ3n) is 3.85. The zero-order valence-electron chi connectivity index (χ0n) is 11.0. The van der Waals surface area contributed by atoms with Crippen molar-refractivity contribution in [2.24, 2.45) is 11.8 Å². The number of fused-ring (bicyclic) bond motifs is 1. The van der Waals surface area contributed by atoms with Gasteiger partial charge >= 0.3 is 0 Å². The van der Waals surface area contributed by atoms with Crippen LogP contribution in [0.25, 0.3) is 5.52 Å². The van der Waals surface area contributed by atoms with E-state index in [1.54, 1.807) is 23.1 Å². The topological polar surface area (TPSA) is 37.6 Å². The van der Waals surface area contributed by atoms with Crippen molar-refractivity contribution < 1.29 is 9.18 Å². The average Bonchev–Trinajstić information content (AvgIpc) is 2.69. The van der Waals surface area contributed by atoms with Gasteiger partial charge in [0.2, 0.25) is 0 Å². The van der Waals surface area contributed by atoms with Gasteiger partial charge in [0.1, 0.15) is 11.2 Å². The highest BCUT2D eigenvalue weighted by molar-refractivity contribution is 5.93. The number of amides is 1. The minimum absolute atomic E-state index is 0.0781. The summed E-state index contributed by atoms with van der Waals surface area (Å²) in [4.78, 5) is 14.2. The zero-order valence-corrected chi connectivity index (χ0v) is 11.0. The van der Waals surface area contributed by atoms with Gasteiger partial charge in [-0.05, 0) is 24.0 Å². The normalized spacial score (nSPS) is 16.1. The van der Waals surface area contributed by atoms with Crippen LogP contribution in [0.3, 0.4) is 0 Å². The molecule has 1 saturated heterocycles. The lowest BCUT2D eigenvalue weighted by Crippen LogP contribution is -2.52. The van der Waals surface area contributed by atoms with E-state index in [0.717, 1.165) is 19.3 Å². The molecule has 0 atom stereocenters. The molecule has 1 aliphatic heterocycles. The summed E-state index contributed by atoms with van der Waals surface area (Å²) in [5.74, 6) is 0.670. The first-order valence-corrected chi connectivity index (χ1v) is 6.49. The van der Waals surface area contributed by atoms with E-state index in [1.165, 1.54) is 4.52 Å². The number of hydrogen-bond acceptors (Lipinski definition) is 2. The highest BCUT2D eigenvalue weighted by atomic mass is 19.1. The fourth-order valence-electron chi connectivity index (χ4n) is 2.41. The Morgan fingerprint density at radius 1 is 1.42 bits per heavy atom. The van der Waals surface area contributed by atoms with E-state index in [2.05, 4.69) is 18.9 Å². The van der Waals surface area contributed by atoms with Crippen molar-refractivity contribution in [2.45, 2.75) is 13.8 Å². The monoisotopic (exact) mass is 261 g/mol. The number of hydrogen-bond donors (Lipinski definition) is 0. The zero-order chi connectivity index (χ0) is 13.6. The summed E-state index contributed by atoms with van der Waals surface area (Å²) in [6.07, 6.45) is 1.14. The highest BCUT2D eigenvalue weighted by Gasteiger charge is 2.33. The Bertz CT molecular complexity index is 629. The maximum Gasteiger partial charge on any atom is 0.272 e. The molecule has 4 nitrogen and oxygen atoms in total. The van der Waals surface area contributed by atoms with Crippen molar-refractivity contribution in [1.29, 1.82) is 0 Å². The number of halogens is 1. The van der Waals surface area contributed by atoms with Crippen molar-refractivity contribution in [3.8, 4) is 0 Å². The van der Waals surface area contributed by atoms with Crippen LogP contribution in [0.4, 0.5) is 4.39 Å². The Kier molecular flexibility index (Phi) is 2.77. The Morgan fingerprint density at radius 2 is 2.16 bits per heavy atom. The van der Waals surface area contributed by atoms with Gasteiger partial charge in [-0.25, -0.2) is 8.91 Å². The van der Waals surface area contributed by atoms with Gasteiger partial charge in [0.25, 0.3) is 5.91 Å². The lowest BCUT2D eigenvalue weighted by molar-refractivity contribution is 0.0399. The van der Waals surface area contributed by atoms with E-state index < -0.39 is 5.82 Å². The van der Waals surface area contributed by atoms with Crippen LogP contribution in [0.15, 0.2) is 24.4 Å². The van der Waals surface area contributed by atoms with Crippen LogP contribution >= 0.6 is 0 Å². The highest BCUT2D eigenvalue weighted by Crippen LogP contribution is 2.25. The molecule has 0 bridgehead atoms. The SMILES string of the molecule is CC(C)C1CN(C(=O)c2cccc3c(F)cnn23)C1. The van der Waals surface area contributed by atoms with E-state index in [0.29, 0.717) is 23.0 Å². The number of pyridine rings is 1. The molecule has 0 aromatic carbocycles. The largest absolute Gasteiger partial charge is 0.337 e. The molecule has 0 spiro atoms. The van der Waals surface area contributed by atoms with Gasteiger partial charge in [-0.2, -0.15) is 5.10 Å². The quantitative estimate of drug-likeness (QED) is 0.831. The lowest BCUT2D eigenvalue weighted by atomic mass is 9.88. The Labute approximate surface area is 110 Å². The Morgan fingerprint density at radius 3 is 2.84 bits per heavy atom. The van der Waals surface area contributed by atoms with Crippen molar-refractivity contribution in [2.75, 3.05) is 13.1 Å². The molecule has 2 aromatic heterocycles. The van der Waals surface area contributed by atoms with Gasteiger partial charge in [-0.1, -0.05) is 19.9 Å². The molecule has 0 aliphatic carbocycles. The van der Waals surface area contributed by atoms with Gasteiger partial charge < -0.3 is 4.90 Å². The molecule has 19 heavy (non-hydrogen) atoms. The molecule has 5 heteroatoms. The Balaban J connectivity index is 1.87. The van der Waals surface area contributed by atoms with Gasteiger partial charge in [0.15, 0.2) is 5.82 Å². The molecule has 1 aliphatic rings. The fourth-order valence-corrected chi connectivity index (χ4v) is 2.41. The molecular formula is C14H16FN3O. The predicted molar refractivity (Wildman–Crippen MR) is 69.4 cm³/mol. The van der Waals surface area contributed by atoms with Gasteiger partial charge in [-0.3, -0.25) is 4.79 Å². The summed E-state index contributed by atoms with van der Waals surface area (Å²) in [5.41, 5.74) is 0.760. The second kappa shape index (κ2) is 4.33. The van der Waals surface area contributed by atoms with Crippen LogP contribution in [0.2, 0.25) is 0 Å². The predicted octanol–water partition coefficient (Wildman–Crippen LogP) is 2.20. The van der Waals surface area contributed by atoms with E-state index in [1.807, 2.05) is 0 Å². The number of likely N-dealkylation sites (tertiary alicyclic amines) is 1. The number of aromatic nitrogens is 2. The van der Waals surface area contributed by atoms with Crippen LogP contribution in [-0.4, -0.2) is 33.5 Å². The van der Waals surface area contributed by atoms with E-state index in [9.17, 15) is 9.18 Å².